The number of ether oxygens (including phenoxy) is 2. The van der Waals surface area contributed by atoms with Crippen LogP contribution in [0.1, 0.15) is 13.3 Å². The largest absolute Gasteiger partial charge is 0.463 e. The van der Waals surface area contributed by atoms with Gasteiger partial charge in [0.15, 0.2) is 11.8 Å². The van der Waals surface area contributed by atoms with E-state index < -0.39 is 24.5 Å². The van der Waals surface area contributed by atoms with Crippen LogP contribution in [0.25, 0.3) is 16.9 Å². The summed E-state index contributed by atoms with van der Waals surface area (Å²) in [6.45, 7) is 1.22. The molecule has 3 atom stereocenters. The average Bonchev–Trinajstić information content (AvgIpc) is 3.32. The van der Waals surface area contributed by atoms with Gasteiger partial charge in [0.1, 0.15) is 11.9 Å². The molecule has 0 aromatic carbocycles. The van der Waals surface area contributed by atoms with Crippen molar-refractivity contribution in [2.45, 2.75) is 37.8 Å². The third-order valence-corrected chi connectivity index (χ3v) is 4.46. The number of halogens is 4. The van der Waals surface area contributed by atoms with Crippen LogP contribution < -0.4 is 10.1 Å². The standard InChI is InChI=1S/C16H17F4N7O2/c1-8(16(18,19)20)29-14-13(9-4-22-23-5-9)21-6-12-25-15(26-27(12)14)24-11-2-3-28-7-10(11)17/h4-6,8,10-11H,2-3,7H2,1H3,(H,22,23)(H,24,26)/t8-,10+,11-/m0/s1. The van der Waals surface area contributed by atoms with Crippen molar-refractivity contribution in [3.05, 3.63) is 18.6 Å². The molecule has 4 rings (SSSR count). The molecular weight excluding hydrogens is 398 g/mol. The second-order valence-corrected chi connectivity index (χ2v) is 6.54. The summed E-state index contributed by atoms with van der Waals surface area (Å²) in [5, 5.41) is 13.4. The Balaban J connectivity index is 1.73. The maximum absolute atomic E-state index is 14.0. The number of alkyl halides is 4. The first-order chi connectivity index (χ1) is 13.8. The summed E-state index contributed by atoms with van der Waals surface area (Å²) in [6, 6.07) is -0.569. The molecule has 0 spiro atoms. The lowest BCUT2D eigenvalue weighted by Crippen LogP contribution is -2.39. The van der Waals surface area contributed by atoms with E-state index >= 15 is 0 Å². The fraction of sp³-hybridized carbons (Fsp3) is 0.500. The lowest BCUT2D eigenvalue weighted by Gasteiger charge is -2.26. The first-order valence-electron chi connectivity index (χ1n) is 8.79. The Bertz CT molecular complexity index is 976. The van der Waals surface area contributed by atoms with Crippen molar-refractivity contribution >= 4 is 11.6 Å². The molecule has 29 heavy (non-hydrogen) atoms. The number of H-pyrrole nitrogens is 1. The van der Waals surface area contributed by atoms with Crippen molar-refractivity contribution in [3.8, 4) is 17.1 Å². The smallest absolute Gasteiger partial charge is 0.425 e. The maximum Gasteiger partial charge on any atom is 0.425 e. The summed E-state index contributed by atoms with van der Waals surface area (Å²) in [5.74, 6) is -0.201. The number of hydrogen-bond acceptors (Lipinski definition) is 7. The van der Waals surface area contributed by atoms with E-state index in [-0.39, 0.29) is 29.8 Å². The van der Waals surface area contributed by atoms with Crippen LogP contribution in [0.3, 0.4) is 0 Å². The van der Waals surface area contributed by atoms with Gasteiger partial charge >= 0.3 is 6.18 Å². The highest BCUT2D eigenvalue weighted by Crippen LogP contribution is 2.32. The van der Waals surface area contributed by atoms with Gasteiger partial charge in [0.25, 0.3) is 0 Å². The van der Waals surface area contributed by atoms with Gasteiger partial charge in [-0.1, -0.05) is 0 Å². The number of aromatic nitrogens is 6. The van der Waals surface area contributed by atoms with Gasteiger partial charge in [-0.25, -0.2) is 9.37 Å². The predicted octanol–water partition coefficient (Wildman–Crippen LogP) is 2.38. The summed E-state index contributed by atoms with van der Waals surface area (Å²) in [7, 11) is 0. The van der Waals surface area contributed by atoms with Crippen molar-refractivity contribution in [3.63, 3.8) is 0 Å². The minimum atomic E-state index is -4.60. The van der Waals surface area contributed by atoms with Crippen molar-refractivity contribution in [2.24, 2.45) is 0 Å². The molecule has 13 heteroatoms. The van der Waals surface area contributed by atoms with Crippen LogP contribution in [-0.2, 0) is 4.74 Å². The minimum Gasteiger partial charge on any atom is -0.463 e. The molecule has 0 unspecified atom stereocenters. The van der Waals surface area contributed by atoms with Gasteiger partial charge < -0.3 is 14.8 Å². The molecule has 156 valence electrons. The second kappa shape index (κ2) is 7.46. The quantitative estimate of drug-likeness (QED) is 0.617. The van der Waals surface area contributed by atoms with Gasteiger partial charge in [-0.15, -0.1) is 5.10 Å². The normalized spacial score (nSPS) is 21.3. The zero-order valence-electron chi connectivity index (χ0n) is 15.1. The molecule has 0 aliphatic carbocycles. The number of aromatic amines is 1. The highest BCUT2D eigenvalue weighted by atomic mass is 19.4. The summed E-state index contributed by atoms with van der Waals surface area (Å²) in [5.41, 5.74) is 0.661. The van der Waals surface area contributed by atoms with Crippen molar-refractivity contribution in [1.82, 2.24) is 29.8 Å². The van der Waals surface area contributed by atoms with E-state index in [9.17, 15) is 17.6 Å². The van der Waals surface area contributed by atoms with E-state index in [1.807, 2.05) is 0 Å². The third-order valence-electron chi connectivity index (χ3n) is 4.46. The van der Waals surface area contributed by atoms with E-state index in [0.717, 1.165) is 11.4 Å². The van der Waals surface area contributed by atoms with Gasteiger partial charge in [0.2, 0.25) is 11.8 Å². The summed E-state index contributed by atoms with van der Waals surface area (Å²) >= 11 is 0. The zero-order valence-corrected chi connectivity index (χ0v) is 15.1. The van der Waals surface area contributed by atoms with Gasteiger partial charge in [0, 0.05) is 18.4 Å². The molecule has 1 aliphatic rings. The average molecular weight is 415 g/mol. The van der Waals surface area contributed by atoms with Crippen LogP contribution in [0.4, 0.5) is 23.5 Å². The summed E-state index contributed by atoms with van der Waals surface area (Å²) in [4.78, 5) is 8.34. The van der Waals surface area contributed by atoms with Crippen molar-refractivity contribution < 1.29 is 27.0 Å². The Kier molecular flexibility index (Phi) is 4.98. The van der Waals surface area contributed by atoms with Gasteiger partial charge in [-0.05, 0) is 13.3 Å². The fourth-order valence-electron chi connectivity index (χ4n) is 2.85. The van der Waals surface area contributed by atoms with Gasteiger partial charge in [-0.3, -0.25) is 5.10 Å². The Morgan fingerprint density at radius 2 is 2.21 bits per heavy atom. The van der Waals surface area contributed by atoms with Gasteiger partial charge in [0.05, 0.1) is 25.0 Å². The van der Waals surface area contributed by atoms with E-state index in [1.54, 1.807) is 0 Å². The van der Waals surface area contributed by atoms with Crippen LogP contribution in [0.15, 0.2) is 18.6 Å². The maximum atomic E-state index is 14.0. The highest BCUT2D eigenvalue weighted by molar-refractivity contribution is 5.65. The van der Waals surface area contributed by atoms with Crippen molar-refractivity contribution in [1.29, 1.82) is 0 Å². The second-order valence-electron chi connectivity index (χ2n) is 6.54. The van der Waals surface area contributed by atoms with Gasteiger partial charge in [-0.2, -0.15) is 27.8 Å². The monoisotopic (exact) mass is 415 g/mol. The molecule has 1 saturated heterocycles. The molecule has 2 N–H and O–H groups in total. The van der Waals surface area contributed by atoms with E-state index in [2.05, 4.69) is 30.6 Å². The molecule has 0 saturated carbocycles. The molecule has 1 fully saturated rings. The first kappa shape index (κ1) is 19.4. The van der Waals surface area contributed by atoms with E-state index in [4.69, 9.17) is 9.47 Å². The molecule has 3 aromatic rings. The predicted molar refractivity (Wildman–Crippen MR) is 92.3 cm³/mol. The lowest BCUT2D eigenvalue weighted by atomic mass is 10.1. The Morgan fingerprint density at radius 3 is 2.90 bits per heavy atom. The molecular formula is C16H17F4N7O2. The molecule has 0 radical (unpaired) electrons. The number of rotatable bonds is 5. The van der Waals surface area contributed by atoms with E-state index in [0.29, 0.717) is 18.6 Å². The number of anilines is 1. The third kappa shape index (κ3) is 3.95. The summed E-state index contributed by atoms with van der Waals surface area (Å²) in [6.07, 6.45) is -3.37. The van der Waals surface area contributed by atoms with Crippen molar-refractivity contribution in [2.75, 3.05) is 18.5 Å². The number of fused-ring (bicyclic) bond motifs is 1. The molecule has 0 amide bonds. The van der Waals surface area contributed by atoms with Crippen LogP contribution in [0, 0.1) is 0 Å². The van der Waals surface area contributed by atoms with E-state index in [1.165, 1.54) is 18.6 Å². The molecule has 0 bridgehead atoms. The van der Waals surface area contributed by atoms with Crippen LogP contribution >= 0.6 is 0 Å². The highest BCUT2D eigenvalue weighted by Gasteiger charge is 2.39. The summed E-state index contributed by atoms with van der Waals surface area (Å²) < 4.78 is 64.6. The van der Waals surface area contributed by atoms with Crippen LogP contribution in [0.2, 0.25) is 0 Å². The number of hydrogen-bond donors (Lipinski definition) is 2. The Labute approximate surface area is 161 Å². The molecule has 1 aliphatic heterocycles. The molecule has 3 aromatic heterocycles. The number of nitrogens with zero attached hydrogens (tertiary/aromatic N) is 5. The molecule has 9 nitrogen and oxygen atoms in total. The van der Waals surface area contributed by atoms with Crippen LogP contribution in [0.5, 0.6) is 5.88 Å². The SMILES string of the molecule is C[C@H](Oc1c(-c2cn[nH]c2)ncc2nc(N[C@H]3CCOC[C@H]3F)nn12)C(F)(F)F. The van der Waals surface area contributed by atoms with Crippen LogP contribution in [-0.4, -0.2) is 67.5 Å². The molecule has 4 heterocycles. The minimum absolute atomic E-state index is 0.0469. The lowest BCUT2D eigenvalue weighted by molar-refractivity contribution is -0.190. The first-order valence-corrected chi connectivity index (χ1v) is 8.79. The zero-order chi connectivity index (χ0) is 20.6. The fourth-order valence-corrected chi connectivity index (χ4v) is 2.85. The Hall–Kier alpha value is -2.96. The number of nitrogens with one attached hydrogen (secondary N) is 2. The topological polar surface area (TPSA) is 102 Å². The Morgan fingerprint density at radius 1 is 1.38 bits per heavy atom.